The third-order valence-electron chi connectivity index (χ3n) is 6.84. The van der Waals surface area contributed by atoms with Crippen LogP contribution in [0.4, 0.5) is 4.79 Å². The maximum absolute atomic E-state index is 13.0. The van der Waals surface area contributed by atoms with Gasteiger partial charge in [-0.15, -0.1) is 0 Å². The van der Waals surface area contributed by atoms with Crippen molar-refractivity contribution in [1.29, 1.82) is 0 Å². The number of nitrogens with zero attached hydrogens (tertiary/aromatic N) is 1. The normalized spacial score (nSPS) is 21.0. The van der Waals surface area contributed by atoms with E-state index in [-0.39, 0.29) is 24.9 Å². The Kier molecular flexibility index (Phi) is 7.51. The number of carbonyl (C=O) groups excluding carboxylic acids is 3. The minimum absolute atomic E-state index is 0.0522. The Bertz CT molecular complexity index is 1230. The Morgan fingerprint density at radius 3 is 2.54 bits per heavy atom. The number of furan rings is 1. The summed E-state index contributed by atoms with van der Waals surface area (Å²) in [4.78, 5) is 37.3. The molecule has 37 heavy (non-hydrogen) atoms. The quantitative estimate of drug-likeness (QED) is 0.264. The molecule has 0 radical (unpaired) electrons. The van der Waals surface area contributed by atoms with Crippen molar-refractivity contribution in [2.45, 2.75) is 31.6 Å². The van der Waals surface area contributed by atoms with Crippen molar-refractivity contribution in [3.05, 3.63) is 89.4 Å². The maximum atomic E-state index is 13.0. The molecule has 3 aliphatic heterocycles. The first-order valence-corrected chi connectivity index (χ1v) is 12.3. The molecular formula is C28H28N2O7. The van der Waals surface area contributed by atoms with E-state index in [0.717, 1.165) is 43.6 Å². The molecule has 3 saturated heterocycles. The van der Waals surface area contributed by atoms with E-state index in [1.807, 2.05) is 48.5 Å². The molecule has 3 fully saturated rings. The fourth-order valence-corrected chi connectivity index (χ4v) is 4.94. The SMILES string of the molecule is O=COC(=O)c1ccc(COc2cccc(C(NC(=O)O[C@H]3CN4CCC3CC4)c3ccccc3)c2)o1. The summed E-state index contributed by atoms with van der Waals surface area (Å²) in [5, 5.41) is 3.05. The third-order valence-corrected chi connectivity index (χ3v) is 6.84. The van der Waals surface area contributed by atoms with E-state index < -0.39 is 18.1 Å². The number of benzene rings is 2. The molecule has 192 valence electrons. The van der Waals surface area contributed by atoms with Crippen LogP contribution in [0.1, 0.15) is 46.3 Å². The number of piperidine rings is 3. The largest absolute Gasteiger partial charge is 0.486 e. The fourth-order valence-electron chi connectivity index (χ4n) is 4.94. The molecule has 2 atom stereocenters. The number of esters is 1. The Balaban J connectivity index is 1.27. The second-order valence-corrected chi connectivity index (χ2v) is 9.20. The van der Waals surface area contributed by atoms with Crippen molar-refractivity contribution < 1.29 is 33.0 Å². The zero-order valence-corrected chi connectivity index (χ0v) is 20.2. The maximum Gasteiger partial charge on any atom is 0.408 e. The fraction of sp³-hybridized carbons (Fsp3) is 0.321. The van der Waals surface area contributed by atoms with Crippen LogP contribution < -0.4 is 10.1 Å². The predicted molar refractivity (Wildman–Crippen MR) is 132 cm³/mol. The summed E-state index contributed by atoms with van der Waals surface area (Å²) >= 11 is 0. The number of amides is 1. The van der Waals surface area contributed by atoms with E-state index in [1.54, 1.807) is 12.1 Å². The molecule has 3 aliphatic rings. The predicted octanol–water partition coefficient (Wildman–Crippen LogP) is 4.08. The Morgan fingerprint density at radius 2 is 1.81 bits per heavy atom. The zero-order chi connectivity index (χ0) is 25.6. The zero-order valence-electron chi connectivity index (χ0n) is 20.2. The van der Waals surface area contributed by atoms with Crippen LogP contribution in [-0.2, 0) is 20.9 Å². The summed E-state index contributed by atoms with van der Waals surface area (Å²) in [5.41, 5.74) is 1.74. The molecule has 1 aromatic heterocycles. The smallest absolute Gasteiger partial charge is 0.408 e. The molecule has 0 spiro atoms. The van der Waals surface area contributed by atoms with Gasteiger partial charge in [0.1, 0.15) is 24.2 Å². The van der Waals surface area contributed by atoms with Gasteiger partial charge in [0.15, 0.2) is 0 Å². The molecule has 1 N–H and O–H groups in total. The summed E-state index contributed by atoms with van der Waals surface area (Å²) in [6.45, 7) is 3.06. The van der Waals surface area contributed by atoms with Gasteiger partial charge in [0.2, 0.25) is 5.76 Å². The van der Waals surface area contributed by atoms with E-state index in [9.17, 15) is 14.4 Å². The van der Waals surface area contributed by atoms with Crippen molar-refractivity contribution in [3.63, 3.8) is 0 Å². The minimum atomic E-state index is -0.870. The third kappa shape index (κ3) is 6.00. The molecule has 4 heterocycles. The van der Waals surface area contributed by atoms with Gasteiger partial charge in [0.05, 0.1) is 6.04 Å². The number of alkyl carbamates (subject to hydrolysis) is 1. The number of rotatable bonds is 9. The van der Waals surface area contributed by atoms with Gasteiger partial charge in [-0.25, -0.2) is 9.59 Å². The molecule has 0 saturated carbocycles. The number of carbonyl (C=O) groups is 3. The van der Waals surface area contributed by atoms with E-state index >= 15 is 0 Å². The van der Waals surface area contributed by atoms with Gasteiger partial charge < -0.3 is 23.9 Å². The average Bonchev–Trinajstić information content (AvgIpc) is 3.41. The molecule has 1 amide bonds. The van der Waals surface area contributed by atoms with Gasteiger partial charge in [-0.05, 0) is 67.2 Å². The van der Waals surface area contributed by atoms with Crippen LogP contribution in [0, 0.1) is 5.92 Å². The van der Waals surface area contributed by atoms with Crippen LogP contribution >= 0.6 is 0 Å². The van der Waals surface area contributed by atoms with Gasteiger partial charge in [0, 0.05) is 6.54 Å². The summed E-state index contributed by atoms with van der Waals surface area (Å²) in [6, 6.07) is 19.6. The highest BCUT2D eigenvalue weighted by Crippen LogP contribution is 2.30. The molecule has 2 bridgehead atoms. The van der Waals surface area contributed by atoms with E-state index in [0.29, 0.717) is 17.4 Å². The van der Waals surface area contributed by atoms with Crippen molar-refractivity contribution in [2.24, 2.45) is 5.92 Å². The Hall–Kier alpha value is -4.11. The molecule has 0 aliphatic carbocycles. The van der Waals surface area contributed by atoms with Gasteiger partial charge in [-0.2, -0.15) is 0 Å². The van der Waals surface area contributed by atoms with E-state index in [4.69, 9.17) is 13.9 Å². The highest BCUT2D eigenvalue weighted by molar-refractivity contribution is 5.90. The lowest BCUT2D eigenvalue weighted by Crippen LogP contribution is -2.52. The van der Waals surface area contributed by atoms with Crippen LogP contribution in [0.5, 0.6) is 5.75 Å². The second kappa shape index (κ2) is 11.3. The molecule has 1 unspecified atom stereocenters. The molecular weight excluding hydrogens is 476 g/mol. The topological polar surface area (TPSA) is 107 Å². The number of fused-ring (bicyclic) bond motifs is 3. The summed E-state index contributed by atoms with van der Waals surface area (Å²) in [6.07, 6.45) is 1.60. The Morgan fingerprint density at radius 1 is 1.03 bits per heavy atom. The first-order valence-electron chi connectivity index (χ1n) is 12.3. The standard InChI is InChI=1S/C28H28N2O7/c31-18-35-27(32)24-10-9-23(36-24)17-34-22-8-4-7-21(15-22)26(20-5-2-1-3-6-20)29-28(33)37-25-16-30-13-11-19(25)12-14-30/h1-10,15,18-19,25-26H,11-14,16-17H2,(H,29,33)/t25-,26?/m0/s1. The molecule has 9 heteroatoms. The highest BCUT2D eigenvalue weighted by Gasteiger charge is 2.36. The van der Waals surface area contributed by atoms with Gasteiger partial charge in [0.25, 0.3) is 0 Å². The first-order chi connectivity index (χ1) is 18.1. The van der Waals surface area contributed by atoms with Gasteiger partial charge >= 0.3 is 18.5 Å². The summed E-state index contributed by atoms with van der Waals surface area (Å²) < 4.78 is 21.4. The first kappa shape index (κ1) is 24.6. The molecule has 2 aromatic carbocycles. The van der Waals surface area contributed by atoms with Gasteiger partial charge in [-0.1, -0.05) is 42.5 Å². The lowest BCUT2D eigenvalue weighted by molar-refractivity contribution is -0.124. The monoisotopic (exact) mass is 504 g/mol. The number of hydrogen-bond acceptors (Lipinski definition) is 8. The van der Waals surface area contributed by atoms with E-state index in [2.05, 4.69) is 15.0 Å². The molecule has 6 rings (SSSR count). The number of nitrogens with one attached hydrogen (secondary N) is 1. The van der Waals surface area contributed by atoms with Crippen molar-refractivity contribution in [1.82, 2.24) is 10.2 Å². The average molecular weight is 505 g/mol. The lowest BCUT2D eigenvalue weighted by atomic mass is 9.86. The van der Waals surface area contributed by atoms with Gasteiger partial charge in [-0.3, -0.25) is 9.69 Å². The van der Waals surface area contributed by atoms with Crippen molar-refractivity contribution >= 4 is 18.5 Å². The Labute approximate surface area is 214 Å². The van der Waals surface area contributed by atoms with Crippen LogP contribution in [-0.4, -0.2) is 49.2 Å². The molecule has 9 nitrogen and oxygen atoms in total. The van der Waals surface area contributed by atoms with Crippen LogP contribution in [0.2, 0.25) is 0 Å². The number of hydrogen-bond donors (Lipinski definition) is 1. The summed E-state index contributed by atoms with van der Waals surface area (Å²) in [7, 11) is 0. The van der Waals surface area contributed by atoms with Crippen LogP contribution in [0.25, 0.3) is 0 Å². The summed E-state index contributed by atoms with van der Waals surface area (Å²) in [5.74, 6) is 0.408. The van der Waals surface area contributed by atoms with E-state index in [1.165, 1.54) is 6.07 Å². The second-order valence-electron chi connectivity index (χ2n) is 9.20. The highest BCUT2D eigenvalue weighted by atomic mass is 16.6. The minimum Gasteiger partial charge on any atom is -0.486 e. The van der Waals surface area contributed by atoms with Crippen molar-refractivity contribution in [2.75, 3.05) is 19.6 Å². The lowest BCUT2D eigenvalue weighted by Gasteiger charge is -2.43. The van der Waals surface area contributed by atoms with Crippen molar-refractivity contribution in [3.8, 4) is 5.75 Å². The molecule has 3 aromatic rings. The van der Waals surface area contributed by atoms with Crippen LogP contribution in [0.15, 0.2) is 71.1 Å². The van der Waals surface area contributed by atoms with Crippen LogP contribution in [0.3, 0.4) is 0 Å². The number of ether oxygens (including phenoxy) is 3.